The number of methoxy groups -OCH3 is 1. The highest BCUT2D eigenvalue weighted by Crippen LogP contribution is 2.47. The van der Waals surface area contributed by atoms with E-state index in [1.54, 1.807) is 6.08 Å². The number of aryl methyl sites for hydroxylation is 1. The minimum atomic E-state index is -0.435. The molecule has 0 amide bonds. The van der Waals surface area contributed by atoms with Gasteiger partial charge in [-0.1, -0.05) is 42.0 Å². The van der Waals surface area contributed by atoms with Crippen molar-refractivity contribution in [2.45, 2.75) is 44.2 Å². The minimum absolute atomic E-state index is 0.120. The van der Waals surface area contributed by atoms with Gasteiger partial charge in [0.25, 0.3) is 0 Å². The Morgan fingerprint density at radius 3 is 2.71 bits per heavy atom. The van der Waals surface area contributed by atoms with Crippen molar-refractivity contribution in [2.75, 3.05) is 20.3 Å². The van der Waals surface area contributed by atoms with E-state index in [2.05, 4.69) is 36.1 Å². The van der Waals surface area contributed by atoms with Gasteiger partial charge < -0.3 is 4.74 Å². The molecule has 4 atom stereocenters. The Morgan fingerprint density at radius 2 is 2.04 bits per heavy atom. The van der Waals surface area contributed by atoms with Crippen LogP contribution >= 0.6 is 0 Å². The zero-order chi connectivity index (χ0) is 17.1. The molecule has 4 unspecified atom stereocenters. The van der Waals surface area contributed by atoms with Gasteiger partial charge in [-0.3, -0.25) is 9.69 Å². The summed E-state index contributed by atoms with van der Waals surface area (Å²) in [6, 6.07) is 9.17. The van der Waals surface area contributed by atoms with Crippen LogP contribution in [-0.4, -0.2) is 43.3 Å². The summed E-state index contributed by atoms with van der Waals surface area (Å²) < 4.78 is 17.5. The Morgan fingerprint density at radius 1 is 1.29 bits per heavy atom. The number of nitrogens with zero attached hydrogens (tertiary/aromatic N) is 1. The quantitative estimate of drug-likeness (QED) is 0.609. The zero-order valence-corrected chi connectivity index (χ0v) is 14.5. The van der Waals surface area contributed by atoms with Crippen LogP contribution in [0.2, 0.25) is 0 Å². The van der Waals surface area contributed by atoms with Crippen LogP contribution in [0.15, 0.2) is 36.4 Å². The van der Waals surface area contributed by atoms with E-state index in [1.807, 2.05) is 6.08 Å². The van der Waals surface area contributed by atoms with Gasteiger partial charge in [0.2, 0.25) is 0 Å². The van der Waals surface area contributed by atoms with Gasteiger partial charge >= 0.3 is 5.97 Å². The number of hydrogen-bond donors (Lipinski definition) is 0. The van der Waals surface area contributed by atoms with E-state index in [1.165, 1.54) is 18.2 Å². The SMILES string of the molecule is COC(=O)C1C(c2ccc(C)cc2)CC2CCC1N2C/C=C/CF. The van der Waals surface area contributed by atoms with E-state index >= 15 is 0 Å². The summed E-state index contributed by atoms with van der Waals surface area (Å²) in [6.07, 6.45) is 6.51. The lowest BCUT2D eigenvalue weighted by Crippen LogP contribution is -2.50. The first-order chi connectivity index (χ1) is 11.7. The van der Waals surface area contributed by atoms with Crippen LogP contribution in [0.1, 0.15) is 36.3 Å². The van der Waals surface area contributed by atoms with Crippen molar-refractivity contribution in [1.29, 1.82) is 0 Å². The fraction of sp³-hybridized carbons (Fsp3) is 0.550. The lowest BCUT2D eigenvalue weighted by atomic mass is 9.76. The van der Waals surface area contributed by atoms with Gasteiger partial charge in [-0.15, -0.1) is 0 Å². The molecular formula is C20H26FNO2. The van der Waals surface area contributed by atoms with E-state index in [9.17, 15) is 9.18 Å². The molecule has 1 aromatic rings. The Bertz CT molecular complexity index is 598. The van der Waals surface area contributed by atoms with E-state index in [-0.39, 0.29) is 23.8 Å². The number of piperidine rings is 1. The summed E-state index contributed by atoms with van der Waals surface area (Å²) in [6.45, 7) is 2.36. The minimum Gasteiger partial charge on any atom is -0.469 e. The largest absolute Gasteiger partial charge is 0.469 e. The van der Waals surface area contributed by atoms with Gasteiger partial charge in [0, 0.05) is 24.5 Å². The number of allylic oxidation sites excluding steroid dienone is 1. The molecule has 2 bridgehead atoms. The molecule has 0 aromatic heterocycles. The average Bonchev–Trinajstić information content (AvgIpc) is 2.87. The Labute approximate surface area is 143 Å². The second kappa shape index (κ2) is 7.47. The van der Waals surface area contributed by atoms with Crippen LogP contribution < -0.4 is 0 Å². The second-order valence-corrected chi connectivity index (χ2v) is 6.92. The van der Waals surface area contributed by atoms with Crippen LogP contribution in [-0.2, 0) is 9.53 Å². The number of alkyl halides is 1. The number of carbonyl (C=O) groups excluding carboxylic acids is 1. The lowest BCUT2D eigenvalue weighted by Gasteiger charge is -2.43. The highest BCUT2D eigenvalue weighted by molar-refractivity contribution is 5.75. The molecule has 2 saturated heterocycles. The summed E-state index contributed by atoms with van der Waals surface area (Å²) in [4.78, 5) is 14.9. The third kappa shape index (κ3) is 3.25. The Balaban J connectivity index is 1.87. The number of esters is 1. The molecule has 2 heterocycles. The van der Waals surface area contributed by atoms with Gasteiger partial charge in [0.1, 0.15) is 6.67 Å². The van der Waals surface area contributed by atoms with Crippen molar-refractivity contribution in [2.24, 2.45) is 5.92 Å². The van der Waals surface area contributed by atoms with Crippen LogP contribution in [0.3, 0.4) is 0 Å². The van der Waals surface area contributed by atoms with Crippen molar-refractivity contribution in [3.8, 4) is 0 Å². The van der Waals surface area contributed by atoms with Crippen molar-refractivity contribution >= 4 is 5.97 Å². The standard InChI is InChI=1S/C20H26FNO2/c1-14-5-7-15(8-6-14)17-13-16-9-10-18(19(17)20(23)24-2)22(16)12-4-3-11-21/h3-8,16-19H,9-13H2,1-2H3/b4-3+. The number of fused-ring (bicyclic) bond motifs is 2. The molecule has 2 aliphatic rings. The number of rotatable bonds is 5. The molecule has 0 aliphatic carbocycles. The molecule has 0 radical (unpaired) electrons. The maximum Gasteiger partial charge on any atom is 0.310 e. The van der Waals surface area contributed by atoms with Crippen molar-refractivity contribution in [3.05, 3.63) is 47.5 Å². The molecular weight excluding hydrogens is 305 g/mol. The van der Waals surface area contributed by atoms with E-state index in [4.69, 9.17) is 4.74 Å². The number of benzene rings is 1. The van der Waals surface area contributed by atoms with Crippen molar-refractivity contribution in [3.63, 3.8) is 0 Å². The topological polar surface area (TPSA) is 29.5 Å². The maximum atomic E-state index is 12.6. The monoisotopic (exact) mass is 331 g/mol. The summed E-state index contributed by atoms with van der Waals surface area (Å²) in [5.74, 6) is -0.0578. The Kier molecular flexibility index (Phi) is 5.34. The molecule has 4 heteroatoms. The highest BCUT2D eigenvalue weighted by atomic mass is 19.1. The van der Waals surface area contributed by atoms with Gasteiger partial charge in [-0.2, -0.15) is 0 Å². The van der Waals surface area contributed by atoms with Gasteiger partial charge in [-0.25, -0.2) is 4.39 Å². The van der Waals surface area contributed by atoms with Crippen LogP contribution in [0, 0.1) is 12.8 Å². The molecule has 3 nitrogen and oxygen atoms in total. The average molecular weight is 331 g/mol. The highest BCUT2D eigenvalue weighted by Gasteiger charge is 2.50. The summed E-state index contributed by atoms with van der Waals surface area (Å²) in [7, 11) is 1.48. The van der Waals surface area contributed by atoms with Crippen LogP contribution in [0.5, 0.6) is 0 Å². The molecule has 0 saturated carbocycles. The molecule has 2 aliphatic heterocycles. The predicted octanol–water partition coefficient (Wildman–Crippen LogP) is 3.63. The molecule has 24 heavy (non-hydrogen) atoms. The second-order valence-electron chi connectivity index (χ2n) is 6.92. The maximum absolute atomic E-state index is 12.6. The zero-order valence-electron chi connectivity index (χ0n) is 14.5. The normalized spacial score (nSPS) is 30.0. The third-order valence-electron chi connectivity index (χ3n) is 5.62. The van der Waals surface area contributed by atoms with Gasteiger partial charge in [0.15, 0.2) is 0 Å². The van der Waals surface area contributed by atoms with E-state index in [0.29, 0.717) is 12.6 Å². The first-order valence-corrected chi connectivity index (χ1v) is 8.76. The molecule has 2 fully saturated rings. The van der Waals surface area contributed by atoms with Crippen molar-refractivity contribution < 1.29 is 13.9 Å². The predicted molar refractivity (Wildman–Crippen MR) is 92.7 cm³/mol. The summed E-state index contributed by atoms with van der Waals surface area (Å²) >= 11 is 0. The summed E-state index contributed by atoms with van der Waals surface area (Å²) in [5.41, 5.74) is 2.46. The molecule has 1 aromatic carbocycles. The molecule has 0 spiro atoms. The third-order valence-corrected chi connectivity index (χ3v) is 5.62. The first-order valence-electron chi connectivity index (χ1n) is 8.76. The number of halogens is 1. The smallest absolute Gasteiger partial charge is 0.310 e. The van der Waals surface area contributed by atoms with E-state index < -0.39 is 6.67 Å². The van der Waals surface area contributed by atoms with Crippen LogP contribution in [0.25, 0.3) is 0 Å². The number of hydrogen-bond acceptors (Lipinski definition) is 3. The van der Waals surface area contributed by atoms with Gasteiger partial charge in [0.05, 0.1) is 13.0 Å². The van der Waals surface area contributed by atoms with E-state index in [0.717, 1.165) is 19.3 Å². The number of carbonyl (C=O) groups is 1. The van der Waals surface area contributed by atoms with Crippen LogP contribution in [0.4, 0.5) is 4.39 Å². The fourth-order valence-electron chi connectivity index (χ4n) is 4.47. The number of ether oxygens (including phenoxy) is 1. The summed E-state index contributed by atoms with van der Waals surface area (Å²) in [5, 5.41) is 0. The van der Waals surface area contributed by atoms with Crippen molar-refractivity contribution in [1.82, 2.24) is 4.90 Å². The first kappa shape index (κ1) is 17.2. The molecule has 130 valence electrons. The fourth-order valence-corrected chi connectivity index (χ4v) is 4.47. The van der Waals surface area contributed by atoms with Gasteiger partial charge in [-0.05, 0) is 31.7 Å². The molecule has 0 N–H and O–H groups in total. The Hall–Kier alpha value is -1.68. The molecule has 3 rings (SSSR count). The lowest BCUT2D eigenvalue weighted by molar-refractivity contribution is -0.150.